The van der Waals surface area contributed by atoms with Crippen molar-refractivity contribution >= 4 is 15.9 Å². The van der Waals surface area contributed by atoms with Gasteiger partial charge in [0.15, 0.2) is 0 Å². The van der Waals surface area contributed by atoms with Gasteiger partial charge in [-0.15, -0.1) is 0 Å². The summed E-state index contributed by atoms with van der Waals surface area (Å²) in [6.07, 6.45) is 4.97. The third-order valence-corrected chi connectivity index (χ3v) is 5.07. The molecule has 0 saturated heterocycles. The van der Waals surface area contributed by atoms with Gasteiger partial charge in [0.05, 0.1) is 0 Å². The Morgan fingerprint density at radius 2 is 1.87 bits per heavy atom. The average molecular weight is 266 g/mol. The summed E-state index contributed by atoms with van der Waals surface area (Å²) in [5.41, 5.74) is 9.59. The fourth-order valence-corrected chi connectivity index (χ4v) is 3.08. The zero-order chi connectivity index (χ0) is 10.7. The van der Waals surface area contributed by atoms with Crippen molar-refractivity contribution < 1.29 is 0 Å². The minimum Gasteiger partial charge on any atom is -0.324 e. The molecule has 0 unspecified atom stereocenters. The van der Waals surface area contributed by atoms with Crippen LogP contribution in [0.1, 0.15) is 36.8 Å². The van der Waals surface area contributed by atoms with Gasteiger partial charge in [0.25, 0.3) is 0 Å². The first-order chi connectivity index (χ1) is 7.07. The normalized spacial score (nSPS) is 25.0. The summed E-state index contributed by atoms with van der Waals surface area (Å²) < 4.78 is 1.22. The third kappa shape index (κ3) is 1.31. The van der Waals surface area contributed by atoms with Crippen molar-refractivity contribution in [2.75, 3.05) is 0 Å². The number of benzene rings is 1. The SMILES string of the molecule is Cc1ccc(C2(C3(N)CC3)CC2)cc1Br. The third-order valence-electron chi connectivity index (χ3n) is 4.22. The molecule has 0 heterocycles. The fraction of sp³-hybridized carbons (Fsp3) is 0.538. The van der Waals surface area contributed by atoms with Crippen LogP contribution in [-0.4, -0.2) is 5.54 Å². The van der Waals surface area contributed by atoms with Crippen molar-refractivity contribution in [1.82, 2.24) is 0 Å². The molecular weight excluding hydrogens is 250 g/mol. The van der Waals surface area contributed by atoms with Gasteiger partial charge in [-0.3, -0.25) is 0 Å². The lowest BCUT2D eigenvalue weighted by Gasteiger charge is -2.23. The quantitative estimate of drug-likeness (QED) is 0.873. The summed E-state index contributed by atoms with van der Waals surface area (Å²) >= 11 is 3.61. The van der Waals surface area contributed by atoms with E-state index in [1.54, 1.807) is 0 Å². The Bertz CT molecular complexity index is 417. The highest BCUT2D eigenvalue weighted by Gasteiger charge is 2.63. The molecule has 2 N–H and O–H groups in total. The van der Waals surface area contributed by atoms with E-state index in [-0.39, 0.29) is 5.54 Å². The number of rotatable bonds is 2. The molecule has 0 radical (unpaired) electrons. The van der Waals surface area contributed by atoms with Crippen molar-refractivity contribution in [2.24, 2.45) is 5.73 Å². The number of aryl methyl sites for hydroxylation is 1. The van der Waals surface area contributed by atoms with E-state index in [2.05, 4.69) is 41.1 Å². The standard InChI is InChI=1S/C13H16BrN/c1-9-2-3-10(8-11(9)14)12(4-5-12)13(15)6-7-13/h2-3,8H,4-7,15H2,1H3. The molecule has 3 rings (SSSR count). The molecule has 80 valence electrons. The molecule has 0 spiro atoms. The number of nitrogens with two attached hydrogens (primary N) is 1. The summed E-state index contributed by atoms with van der Waals surface area (Å²) in [5, 5.41) is 0. The van der Waals surface area contributed by atoms with Gasteiger partial charge >= 0.3 is 0 Å². The number of hydrogen-bond acceptors (Lipinski definition) is 1. The van der Waals surface area contributed by atoms with Gasteiger partial charge in [0, 0.05) is 15.4 Å². The maximum absolute atomic E-state index is 6.39. The minimum atomic E-state index is 0.127. The van der Waals surface area contributed by atoms with Gasteiger partial charge in [-0.25, -0.2) is 0 Å². The van der Waals surface area contributed by atoms with Crippen LogP contribution < -0.4 is 5.73 Å². The molecule has 2 heteroatoms. The van der Waals surface area contributed by atoms with Crippen molar-refractivity contribution in [3.63, 3.8) is 0 Å². The highest BCUT2D eigenvalue weighted by molar-refractivity contribution is 9.10. The zero-order valence-corrected chi connectivity index (χ0v) is 10.6. The molecule has 0 aliphatic heterocycles. The Kier molecular flexibility index (Phi) is 1.88. The number of halogens is 1. The maximum atomic E-state index is 6.39. The molecular formula is C13H16BrN. The van der Waals surface area contributed by atoms with Crippen molar-refractivity contribution in [1.29, 1.82) is 0 Å². The van der Waals surface area contributed by atoms with E-state index in [4.69, 9.17) is 5.73 Å². The van der Waals surface area contributed by atoms with Crippen LogP contribution in [0.25, 0.3) is 0 Å². The second-order valence-electron chi connectivity index (χ2n) is 5.20. The molecule has 0 bridgehead atoms. The summed E-state index contributed by atoms with van der Waals surface area (Å²) in [4.78, 5) is 0. The van der Waals surface area contributed by atoms with E-state index >= 15 is 0 Å². The van der Waals surface area contributed by atoms with Gasteiger partial charge < -0.3 is 5.73 Å². The molecule has 0 amide bonds. The van der Waals surface area contributed by atoms with Crippen molar-refractivity contribution in [3.8, 4) is 0 Å². The molecule has 0 atom stereocenters. The van der Waals surface area contributed by atoms with E-state index in [0.717, 1.165) is 0 Å². The van der Waals surface area contributed by atoms with E-state index in [1.165, 1.54) is 41.3 Å². The average Bonchev–Trinajstić information content (AvgIpc) is 3.05. The Labute approximate surface area is 99.2 Å². The Hall–Kier alpha value is -0.340. The lowest BCUT2D eigenvalue weighted by Crippen LogP contribution is -2.37. The zero-order valence-electron chi connectivity index (χ0n) is 9.02. The van der Waals surface area contributed by atoms with Crippen LogP contribution in [0.3, 0.4) is 0 Å². The van der Waals surface area contributed by atoms with E-state index in [1.807, 2.05) is 0 Å². The van der Waals surface area contributed by atoms with E-state index in [0.29, 0.717) is 5.41 Å². The van der Waals surface area contributed by atoms with Crippen LogP contribution in [0.15, 0.2) is 22.7 Å². The largest absolute Gasteiger partial charge is 0.324 e. The highest BCUT2D eigenvalue weighted by atomic mass is 79.9. The van der Waals surface area contributed by atoms with Crippen LogP contribution in [-0.2, 0) is 5.41 Å². The predicted octanol–water partition coefficient (Wildman–Crippen LogP) is 3.28. The highest BCUT2D eigenvalue weighted by Crippen LogP contribution is 2.63. The van der Waals surface area contributed by atoms with Crippen LogP contribution >= 0.6 is 15.9 Å². The molecule has 1 aromatic rings. The molecule has 2 fully saturated rings. The minimum absolute atomic E-state index is 0.127. The molecule has 1 nitrogen and oxygen atoms in total. The molecule has 0 aromatic heterocycles. The lowest BCUT2D eigenvalue weighted by atomic mass is 9.86. The topological polar surface area (TPSA) is 26.0 Å². The second-order valence-corrected chi connectivity index (χ2v) is 6.06. The Morgan fingerprint density at radius 3 is 2.33 bits per heavy atom. The maximum Gasteiger partial charge on any atom is 0.0253 e. The van der Waals surface area contributed by atoms with Gasteiger partial charge in [-0.1, -0.05) is 28.1 Å². The van der Waals surface area contributed by atoms with E-state index < -0.39 is 0 Å². The van der Waals surface area contributed by atoms with Crippen LogP contribution in [0.2, 0.25) is 0 Å². The second kappa shape index (κ2) is 2.86. The van der Waals surface area contributed by atoms with E-state index in [9.17, 15) is 0 Å². The monoisotopic (exact) mass is 265 g/mol. The van der Waals surface area contributed by atoms with Crippen molar-refractivity contribution in [2.45, 2.75) is 43.6 Å². The first kappa shape index (κ1) is 9.86. The first-order valence-corrected chi connectivity index (χ1v) is 6.42. The van der Waals surface area contributed by atoms with Crippen molar-refractivity contribution in [3.05, 3.63) is 33.8 Å². The summed E-state index contributed by atoms with van der Waals surface area (Å²) in [7, 11) is 0. The summed E-state index contributed by atoms with van der Waals surface area (Å²) in [6.45, 7) is 2.13. The fourth-order valence-electron chi connectivity index (χ4n) is 2.70. The van der Waals surface area contributed by atoms with Gasteiger partial charge in [-0.05, 0) is 49.8 Å². The van der Waals surface area contributed by atoms with Crippen LogP contribution in [0, 0.1) is 6.92 Å². The first-order valence-electron chi connectivity index (χ1n) is 5.63. The summed E-state index contributed by atoms with van der Waals surface area (Å²) in [5.74, 6) is 0. The Balaban J connectivity index is 2.03. The molecule has 2 saturated carbocycles. The lowest BCUT2D eigenvalue weighted by molar-refractivity contribution is 0.503. The molecule has 2 aliphatic rings. The molecule has 15 heavy (non-hydrogen) atoms. The van der Waals surface area contributed by atoms with Gasteiger partial charge in [-0.2, -0.15) is 0 Å². The van der Waals surface area contributed by atoms with Crippen LogP contribution in [0.5, 0.6) is 0 Å². The van der Waals surface area contributed by atoms with Crippen LogP contribution in [0.4, 0.5) is 0 Å². The predicted molar refractivity (Wildman–Crippen MR) is 65.9 cm³/mol. The van der Waals surface area contributed by atoms with Gasteiger partial charge in [0.1, 0.15) is 0 Å². The Morgan fingerprint density at radius 1 is 1.20 bits per heavy atom. The summed E-state index contributed by atoms with van der Waals surface area (Å²) in [6, 6.07) is 6.74. The number of hydrogen-bond donors (Lipinski definition) is 1. The van der Waals surface area contributed by atoms with Gasteiger partial charge in [0.2, 0.25) is 0 Å². The molecule has 1 aromatic carbocycles. The molecule has 2 aliphatic carbocycles. The smallest absolute Gasteiger partial charge is 0.0253 e.